The van der Waals surface area contributed by atoms with Crippen LogP contribution in [0.5, 0.6) is 11.5 Å². The van der Waals surface area contributed by atoms with E-state index in [0.29, 0.717) is 12.8 Å². The molecular weight excluding hydrogens is 240 g/mol. The lowest BCUT2D eigenvalue weighted by Crippen LogP contribution is -2.18. The minimum atomic E-state index is 0.306. The molecule has 4 heteroatoms. The van der Waals surface area contributed by atoms with Crippen molar-refractivity contribution in [1.29, 1.82) is 0 Å². The summed E-state index contributed by atoms with van der Waals surface area (Å²) >= 11 is 0. The molecule has 1 N–H and O–H groups in total. The van der Waals surface area contributed by atoms with Crippen molar-refractivity contribution in [1.82, 2.24) is 4.98 Å². The highest BCUT2D eigenvalue weighted by molar-refractivity contribution is 5.94. The first kappa shape index (κ1) is 10.9. The zero-order chi connectivity index (χ0) is 12.8. The first-order chi connectivity index (χ1) is 9.31. The number of nitrogens with one attached hydrogen (secondary N) is 1. The number of ether oxygens (including phenoxy) is 2. The Morgan fingerprint density at radius 3 is 2.84 bits per heavy atom. The molecule has 0 saturated heterocycles. The summed E-state index contributed by atoms with van der Waals surface area (Å²) in [7, 11) is 0. The van der Waals surface area contributed by atoms with Crippen molar-refractivity contribution in [3.63, 3.8) is 0 Å². The molecular formula is C15H16N2O2. The van der Waals surface area contributed by atoms with Crippen LogP contribution in [0.3, 0.4) is 0 Å². The Labute approximate surface area is 111 Å². The molecule has 1 unspecified atom stereocenters. The minimum absolute atomic E-state index is 0.306. The van der Waals surface area contributed by atoms with Crippen LogP contribution in [-0.2, 0) is 0 Å². The van der Waals surface area contributed by atoms with Gasteiger partial charge in [-0.15, -0.1) is 0 Å². The van der Waals surface area contributed by atoms with Crippen LogP contribution in [0.25, 0.3) is 10.8 Å². The molecule has 0 spiro atoms. The lowest BCUT2D eigenvalue weighted by atomic mass is 10.1. The van der Waals surface area contributed by atoms with Crippen molar-refractivity contribution in [2.75, 3.05) is 12.1 Å². The van der Waals surface area contributed by atoms with Gasteiger partial charge in [-0.2, -0.15) is 0 Å². The van der Waals surface area contributed by atoms with E-state index in [1.165, 1.54) is 12.8 Å². The van der Waals surface area contributed by atoms with E-state index in [-0.39, 0.29) is 0 Å². The molecule has 1 saturated carbocycles. The van der Waals surface area contributed by atoms with Gasteiger partial charge < -0.3 is 14.8 Å². The summed E-state index contributed by atoms with van der Waals surface area (Å²) in [6.45, 7) is 2.53. The molecule has 1 aliphatic carbocycles. The van der Waals surface area contributed by atoms with Crippen LogP contribution in [0.1, 0.15) is 19.8 Å². The molecule has 98 valence electrons. The second-order valence-corrected chi connectivity index (χ2v) is 5.36. The van der Waals surface area contributed by atoms with Gasteiger partial charge in [-0.05, 0) is 49.3 Å². The number of fused-ring (bicyclic) bond motifs is 2. The molecule has 4 rings (SSSR count). The van der Waals surface area contributed by atoms with Crippen molar-refractivity contribution in [3.05, 3.63) is 24.4 Å². The molecule has 1 aromatic heterocycles. The maximum atomic E-state index is 5.45. The van der Waals surface area contributed by atoms with Crippen molar-refractivity contribution in [3.8, 4) is 11.5 Å². The van der Waals surface area contributed by atoms with Gasteiger partial charge in [-0.3, -0.25) is 0 Å². The first-order valence-electron chi connectivity index (χ1n) is 6.76. The van der Waals surface area contributed by atoms with Crippen molar-refractivity contribution < 1.29 is 9.47 Å². The van der Waals surface area contributed by atoms with Gasteiger partial charge in [0, 0.05) is 17.6 Å². The van der Waals surface area contributed by atoms with E-state index in [0.717, 1.165) is 34.0 Å². The Bertz CT molecular complexity index is 637. The number of benzene rings is 1. The molecule has 1 fully saturated rings. The number of hydrogen-bond donors (Lipinski definition) is 1. The number of pyridine rings is 1. The Hall–Kier alpha value is -1.97. The summed E-state index contributed by atoms with van der Waals surface area (Å²) in [6.07, 6.45) is 4.49. The van der Waals surface area contributed by atoms with Crippen LogP contribution in [0.2, 0.25) is 0 Å². The monoisotopic (exact) mass is 256 g/mol. The van der Waals surface area contributed by atoms with Gasteiger partial charge in [0.05, 0.1) is 0 Å². The van der Waals surface area contributed by atoms with E-state index in [9.17, 15) is 0 Å². The van der Waals surface area contributed by atoms with E-state index in [2.05, 4.69) is 17.2 Å². The van der Waals surface area contributed by atoms with Gasteiger partial charge in [0.2, 0.25) is 6.79 Å². The van der Waals surface area contributed by atoms with Crippen LogP contribution in [0, 0.1) is 5.92 Å². The lowest BCUT2D eigenvalue weighted by molar-refractivity contribution is 0.174. The summed E-state index contributed by atoms with van der Waals surface area (Å²) in [4.78, 5) is 4.48. The molecule has 1 aromatic carbocycles. The summed E-state index contributed by atoms with van der Waals surface area (Å²) in [5.41, 5.74) is 0. The fraction of sp³-hybridized carbons (Fsp3) is 0.400. The standard InChI is InChI=1S/C15H16N2O2/c1-9(10-2-3-10)17-15-12-7-14-13(18-8-19-14)6-11(12)4-5-16-15/h4-7,9-10H,2-3,8H2,1H3,(H,16,17). The number of nitrogens with zero attached hydrogens (tertiary/aromatic N) is 1. The molecule has 19 heavy (non-hydrogen) atoms. The van der Waals surface area contributed by atoms with Crippen molar-refractivity contribution >= 4 is 16.6 Å². The maximum Gasteiger partial charge on any atom is 0.231 e. The van der Waals surface area contributed by atoms with Crippen molar-refractivity contribution in [2.45, 2.75) is 25.8 Å². The average Bonchev–Trinajstić information content (AvgIpc) is 3.17. The van der Waals surface area contributed by atoms with E-state index >= 15 is 0 Å². The van der Waals surface area contributed by atoms with E-state index < -0.39 is 0 Å². The SMILES string of the molecule is CC(Nc1nccc2cc3c(cc12)OCO3)C1CC1. The van der Waals surface area contributed by atoms with Crippen LogP contribution < -0.4 is 14.8 Å². The van der Waals surface area contributed by atoms with Gasteiger partial charge in [0.1, 0.15) is 5.82 Å². The predicted octanol–water partition coefficient (Wildman–Crippen LogP) is 3.17. The summed E-state index contributed by atoms with van der Waals surface area (Å²) in [5, 5.41) is 5.76. The Balaban J connectivity index is 1.77. The Morgan fingerprint density at radius 2 is 2.05 bits per heavy atom. The lowest BCUT2D eigenvalue weighted by Gasteiger charge is -2.15. The Kier molecular flexibility index (Phi) is 2.31. The fourth-order valence-electron chi connectivity index (χ4n) is 2.61. The second kappa shape index (κ2) is 4.02. The number of anilines is 1. The topological polar surface area (TPSA) is 43.4 Å². The molecule has 2 heterocycles. The molecule has 2 aromatic rings. The van der Waals surface area contributed by atoms with E-state index in [1.54, 1.807) is 0 Å². The number of rotatable bonds is 3. The molecule has 1 aliphatic heterocycles. The maximum absolute atomic E-state index is 5.45. The second-order valence-electron chi connectivity index (χ2n) is 5.36. The minimum Gasteiger partial charge on any atom is -0.454 e. The van der Waals surface area contributed by atoms with E-state index in [1.807, 2.05) is 24.4 Å². The third kappa shape index (κ3) is 1.87. The van der Waals surface area contributed by atoms with Crippen LogP contribution >= 0.6 is 0 Å². The summed E-state index contributed by atoms with van der Waals surface area (Å²) in [5.74, 6) is 3.36. The predicted molar refractivity (Wildman–Crippen MR) is 73.7 cm³/mol. The van der Waals surface area contributed by atoms with Crippen molar-refractivity contribution in [2.24, 2.45) is 5.92 Å². The first-order valence-corrected chi connectivity index (χ1v) is 6.76. The molecule has 0 bridgehead atoms. The third-order valence-corrected chi connectivity index (χ3v) is 3.95. The van der Waals surface area contributed by atoms with Crippen LogP contribution in [0.4, 0.5) is 5.82 Å². The normalized spacial score (nSPS) is 18.6. The highest BCUT2D eigenvalue weighted by Crippen LogP contribution is 2.39. The molecule has 2 aliphatic rings. The van der Waals surface area contributed by atoms with Gasteiger partial charge >= 0.3 is 0 Å². The summed E-state index contributed by atoms with van der Waals surface area (Å²) < 4.78 is 10.9. The number of hydrogen-bond acceptors (Lipinski definition) is 4. The zero-order valence-electron chi connectivity index (χ0n) is 10.8. The molecule has 0 radical (unpaired) electrons. The molecule has 4 nitrogen and oxygen atoms in total. The largest absolute Gasteiger partial charge is 0.454 e. The quantitative estimate of drug-likeness (QED) is 0.916. The highest BCUT2D eigenvalue weighted by atomic mass is 16.7. The van der Waals surface area contributed by atoms with Gasteiger partial charge in [-0.25, -0.2) is 4.98 Å². The smallest absolute Gasteiger partial charge is 0.231 e. The van der Waals surface area contributed by atoms with Gasteiger partial charge in [-0.1, -0.05) is 0 Å². The molecule has 0 amide bonds. The van der Waals surface area contributed by atoms with Crippen LogP contribution in [-0.4, -0.2) is 17.8 Å². The Morgan fingerprint density at radius 1 is 1.26 bits per heavy atom. The summed E-state index contributed by atoms with van der Waals surface area (Å²) in [6, 6.07) is 6.52. The third-order valence-electron chi connectivity index (χ3n) is 3.95. The highest BCUT2D eigenvalue weighted by Gasteiger charge is 2.28. The number of aromatic nitrogens is 1. The van der Waals surface area contributed by atoms with Crippen LogP contribution in [0.15, 0.2) is 24.4 Å². The fourth-order valence-corrected chi connectivity index (χ4v) is 2.61. The van der Waals surface area contributed by atoms with E-state index in [4.69, 9.17) is 9.47 Å². The molecule has 1 atom stereocenters. The zero-order valence-corrected chi connectivity index (χ0v) is 10.8. The van der Waals surface area contributed by atoms with Gasteiger partial charge in [0.15, 0.2) is 11.5 Å². The van der Waals surface area contributed by atoms with Gasteiger partial charge in [0.25, 0.3) is 0 Å². The average molecular weight is 256 g/mol.